The van der Waals surface area contributed by atoms with E-state index in [4.69, 9.17) is 0 Å². The first-order valence-corrected chi connectivity index (χ1v) is 5.02. The Balaban J connectivity index is 1.65. The summed E-state index contributed by atoms with van der Waals surface area (Å²) in [5.74, 6) is 0.205. The number of carbonyl (C=O) groups excluding carboxylic acids is 1. The van der Waals surface area contributed by atoms with Gasteiger partial charge in [0, 0.05) is 25.0 Å². The highest BCUT2D eigenvalue weighted by Gasteiger charge is 2.21. The SMILES string of the molecule is O=C1CCC(CNC2CC=CC2)N1. The van der Waals surface area contributed by atoms with Crippen LogP contribution < -0.4 is 10.6 Å². The number of nitrogens with one attached hydrogen (secondary N) is 2. The minimum atomic E-state index is 0.205. The zero-order chi connectivity index (χ0) is 9.10. The zero-order valence-corrected chi connectivity index (χ0v) is 7.75. The molecule has 72 valence electrons. The molecule has 2 N–H and O–H groups in total. The summed E-state index contributed by atoms with van der Waals surface area (Å²) in [6, 6.07) is 0.977. The lowest BCUT2D eigenvalue weighted by molar-refractivity contribution is -0.119. The van der Waals surface area contributed by atoms with Crippen molar-refractivity contribution in [2.24, 2.45) is 0 Å². The summed E-state index contributed by atoms with van der Waals surface area (Å²) in [7, 11) is 0. The Morgan fingerprint density at radius 2 is 2.23 bits per heavy atom. The van der Waals surface area contributed by atoms with Gasteiger partial charge in [0.15, 0.2) is 0 Å². The van der Waals surface area contributed by atoms with Crippen LogP contribution in [0.4, 0.5) is 0 Å². The molecular formula is C10H16N2O. The topological polar surface area (TPSA) is 41.1 Å². The Kier molecular flexibility index (Phi) is 2.64. The molecule has 0 spiro atoms. The maximum Gasteiger partial charge on any atom is 0.220 e. The first-order valence-electron chi connectivity index (χ1n) is 5.02. The van der Waals surface area contributed by atoms with Gasteiger partial charge >= 0.3 is 0 Å². The fraction of sp³-hybridized carbons (Fsp3) is 0.700. The minimum absolute atomic E-state index is 0.205. The lowest BCUT2D eigenvalue weighted by atomic mass is 10.2. The summed E-state index contributed by atoms with van der Waals surface area (Å²) in [6.07, 6.45) is 8.40. The molecule has 1 atom stereocenters. The molecule has 1 unspecified atom stereocenters. The van der Waals surface area contributed by atoms with Gasteiger partial charge in [0.05, 0.1) is 0 Å². The summed E-state index contributed by atoms with van der Waals surface area (Å²) < 4.78 is 0. The maximum absolute atomic E-state index is 10.9. The van der Waals surface area contributed by atoms with Crippen LogP contribution in [0.2, 0.25) is 0 Å². The molecule has 0 aromatic heterocycles. The predicted octanol–water partition coefficient (Wildman–Crippen LogP) is 0.573. The van der Waals surface area contributed by atoms with Gasteiger partial charge in [-0.2, -0.15) is 0 Å². The van der Waals surface area contributed by atoms with Gasteiger partial charge < -0.3 is 10.6 Å². The van der Waals surface area contributed by atoms with Crippen LogP contribution in [-0.4, -0.2) is 24.5 Å². The first kappa shape index (κ1) is 8.75. The molecule has 1 heterocycles. The van der Waals surface area contributed by atoms with Gasteiger partial charge in [-0.05, 0) is 19.3 Å². The average Bonchev–Trinajstić information content (AvgIpc) is 2.71. The van der Waals surface area contributed by atoms with Gasteiger partial charge in [0.1, 0.15) is 0 Å². The third-order valence-electron chi connectivity index (χ3n) is 2.75. The number of rotatable bonds is 3. The van der Waals surface area contributed by atoms with Gasteiger partial charge in [-0.1, -0.05) is 12.2 Å². The van der Waals surface area contributed by atoms with Crippen molar-refractivity contribution in [1.82, 2.24) is 10.6 Å². The zero-order valence-electron chi connectivity index (χ0n) is 7.75. The van der Waals surface area contributed by atoms with Crippen molar-refractivity contribution >= 4 is 5.91 Å². The lowest BCUT2D eigenvalue weighted by Crippen LogP contribution is -2.39. The van der Waals surface area contributed by atoms with E-state index < -0.39 is 0 Å². The monoisotopic (exact) mass is 180 g/mol. The van der Waals surface area contributed by atoms with Crippen LogP contribution in [0.3, 0.4) is 0 Å². The molecule has 2 rings (SSSR count). The average molecular weight is 180 g/mol. The van der Waals surface area contributed by atoms with Crippen LogP contribution >= 0.6 is 0 Å². The number of hydrogen-bond acceptors (Lipinski definition) is 2. The Morgan fingerprint density at radius 3 is 2.85 bits per heavy atom. The third kappa shape index (κ3) is 2.31. The van der Waals surface area contributed by atoms with Gasteiger partial charge in [-0.25, -0.2) is 0 Å². The summed E-state index contributed by atoms with van der Waals surface area (Å²) in [6.45, 7) is 0.929. The summed E-state index contributed by atoms with van der Waals surface area (Å²) in [4.78, 5) is 10.9. The fourth-order valence-corrected chi connectivity index (χ4v) is 1.92. The summed E-state index contributed by atoms with van der Waals surface area (Å²) >= 11 is 0. The molecule has 0 bridgehead atoms. The maximum atomic E-state index is 10.9. The second-order valence-electron chi connectivity index (χ2n) is 3.85. The van der Waals surface area contributed by atoms with Crippen molar-refractivity contribution in [1.29, 1.82) is 0 Å². The molecule has 2 aliphatic rings. The Morgan fingerprint density at radius 1 is 1.46 bits per heavy atom. The molecule has 0 aromatic carbocycles. The molecule has 1 amide bonds. The molecule has 0 saturated carbocycles. The van der Waals surface area contributed by atoms with E-state index in [1.807, 2.05) is 0 Å². The van der Waals surface area contributed by atoms with Crippen LogP contribution in [0.15, 0.2) is 12.2 Å². The molecule has 0 radical (unpaired) electrons. The highest BCUT2D eigenvalue weighted by atomic mass is 16.1. The second-order valence-corrected chi connectivity index (χ2v) is 3.85. The minimum Gasteiger partial charge on any atom is -0.352 e. The van der Waals surface area contributed by atoms with E-state index in [1.54, 1.807) is 0 Å². The van der Waals surface area contributed by atoms with Gasteiger partial charge in [-0.15, -0.1) is 0 Å². The van der Waals surface area contributed by atoms with Gasteiger partial charge in [-0.3, -0.25) is 4.79 Å². The number of carbonyl (C=O) groups is 1. The molecule has 1 saturated heterocycles. The van der Waals surface area contributed by atoms with Crippen LogP contribution in [0.1, 0.15) is 25.7 Å². The van der Waals surface area contributed by atoms with E-state index in [2.05, 4.69) is 22.8 Å². The third-order valence-corrected chi connectivity index (χ3v) is 2.75. The van der Waals surface area contributed by atoms with E-state index in [-0.39, 0.29) is 5.91 Å². The van der Waals surface area contributed by atoms with E-state index in [0.717, 1.165) is 25.8 Å². The molecule has 0 aromatic rings. The normalized spacial score (nSPS) is 28.3. The molecule has 3 nitrogen and oxygen atoms in total. The van der Waals surface area contributed by atoms with Crippen LogP contribution in [-0.2, 0) is 4.79 Å². The first-order chi connectivity index (χ1) is 6.34. The van der Waals surface area contributed by atoms with E-state index in [9.17, 15) is 4.79 Å². The number of hydrogen-bond donors (Lipinski definition) is 2. The molecule has 13 heavy (non-hydrogen) atoms. The Hall–Kier alpha value is -0.830. The highest BCUT2D eigenvalue weighted by Crippen LogP contribution is 2.10. The Bertz CT molecular complexity index is 217. The van der Waals surface area contributed by atoms with Crippen molar-refractivity contribution in [3.63, 3.8) is 0 Å². The van der Waals surface area contributed by atoms with E-state index in [1.165, 1.54) is 0 Å². The van der Waals surface area contributed by atoms with E-state index in [0.29, 0.717) is 18.5 Å². The van der Waals surface area contributed by atoms with Crippen molar-refractivity contribution in [2.45, 2.75) is 37.8 Å². The van der Waals surface area contributed by atoms with Gasteiger partial charge in [0.25, 0.3) is 0 Å². The molecular weight excluding hydrogens is 164 g/mol. The summed E-state index contributed by atoms with van der Waals surface area (Å²) in [5, 5.41) is 6.42. The van der Waals surface area contributed by atoms with Crippen molar-refractivity contribution in [3.05, 3.63) is 12.2 Å². The van der Waals surface area contributed by atoms with E-state index >= 15 is 0 Å². The van der Waals surface area contributed by atoms with Crippen molar-refractivity contribution < 1.29 is 4.79 Å². The quantitative estimate of drug-likeness (QED) is 0.623. The number of amides is 1. The van der Waals surface area contributed by atoms with Crippen molar-refractivity contribution in [3.8, 4) is 0 Å². The standard InChI is InChI=1S/C10H16N2O/c13-10-6-5-9(12-10)7-11-8-3-1-2-4-8/h1-2,8-9,11H,3-7H2,(H,12,13). The predicted molar refractivity (Wildman–Crippen MR) is 51.3 cm³/mol. The van der Waals surface area contributed by atoms with Gasteiger partial charge in [0.2, 0.25) is 5.91 Å². The Labute approximate surface area is 78.6 Å². The van der Waals surface area contributed by atoms with Crippen molar-refractivity contribution in [2.75, 3.05) is 6.54 Å². The summed E-state index contributed by atoms with van der Waals surface area (Å²) in [5.41, 5.74) is 0. The smallest absolute Gasteiger partial charge is 0.220 e. The molecule has 1 aliphatic heterocycles. The van der Waals surface area contributed by atoms with Crippen LogP contribution in [0, 0.1) is 0 Å². The molecule has 1 aliphatic carbocycles. The van der Waals surface area contributed by atoms with Crippen LogP contribution in [0.25, 0.3) is 0 Å². The largest absolute Gasteiger partial charge is 0.352 e. The lowest BCUT2D eigenvalue weighted by Gasteiger charge is -2.15. The molecule has 3 heteroatoms. The fourth-order valence-electron chi connectivity index (χ4n) is 1.92. The second kappa shape index (κ2) is 3.92. The highest BCUT2D eigenvalue weighted by molar-refractivity contribution is 5.78. The van der Waals surface area contributed by atoms with Crippen LogP contribution in [0.5, 0.6) is 0 Å². The molecule has 1 fully saturated rings.